The van der Waals surface area contributed by atoms with Gasteiger partial charge in [-0.05, 0) is 44.4 Å². The second-order valence-electron chi connectivity index (χ2n) is 5.67. The molecule has 2 aromatic rings. The number of nitrogens with zero attached hydrogens (tertiary/aromatic N) is 3. The zero-order valence-electron chi connectivity index (χ0n) is 12.6. The zero-order chi connectivity index (χ0) is 15.4. The monoisotopic (exact) mass is 320 g/mol. The van der Waals surface area contributed by atoms with Crippen molar-refractivity contribution in [3.63, 3.8) is 0 Å². The van der Waals surface area contributed by atoms with Gasteiger partial charge in [-0.15, -0.1) is 0 Å². The Hall–Kier alpha value is -1.73. The van der Waals surface area contributed by atoms with E-state index in [9.17, 15) is 4.79 Å². The molecule has 1 fully saturated rings. The predicted molar refractivity (Wildman–Crippen MR) is 84.6 cm³/mol. The summed E-state index contributed by atoms with van der Waals surface area (Å²) >= 11 is 1.59. The van der Waals surface area contributed by atoms with Crippen LogP contribution in [0.5, 0.6) is 0 Å². The second kappa shape index (κ2) is 7.02. The molecule has 1 saturated heterocycles. The van der Waals surface area contributed by atoms with E-state index in [1.54, 1.807) is 11.3 Å². The van der Waals surface area contributed by atoms with Gasteiger partial charge in [0.1, 0.15) is 0 Å². The van der Waals surface area contributed by atoms with Crippen LogP contribution in [0.15, 0.2) is 21.3 Å². The summed E-state index contributed by atoms with van der Waals surface area (Å²) in [6.45, 7) is 2.08. The van der Waals surface area contributed by atoms with Crippen LogP contribution in [-0.2, 0) is 11.2 Å². The SMILES string of the molecule is CN1CCC(NC(=O)CCc2nc(-c3ccsc3)no2)CC1. The van der Waals surface area contributed by atoms with Gasteiger partial charge in [0.15, 0.2) is 0 Å². The van der Waals surface area contributed by atoms with Gasteiger partial charge < -0.3 is 14.7 Å². The van der Waals surface area contributed by atoms with E-state index in [0.29, 0.717) is 30.6 Å². The van der Waals surface area contributed by atoms with E-state index in [1.165, 1.54) is 0 Å². The Balaban J connectivity index is 1.45. The number of carbonyl (C=O) groups excluding carboxylic acids is 1. The molecule has 118 valence electrons. The molecule has 3 rings (SSSR count). The minimum Gasteiger partial charge on any atom is -0.353 e. The molecule has 0 saturated carbocycles. The summed E-state index contributed by atoms with van der Waals surface area (Å²) in [5.74, 6) is 1.16. The van der Waals surface area contributed by atoms with E-state index in [-0.39, 0.29) is 5.91 Å². The van der Waals surface area contributed by atoms with Crippen molar-refractivity contribution < 1.29 is 9.32 Å². The van der Waals surface area contributed by atoms with Crippen molar-refractivity contribution in [3.05, 3.63) is 22.7 Å². The first kappa shape index (κ1) is 15.2. The van der Waals surface area contributed by atoms with Gasteiger partial charge in [0.25, 0.3) is 0 Å². The Bertz CT molecular complexity index is 603. The average Bonchev–Trinajstić information content (AvgIpc) is 3.18. The van der Waals surface area contributed by atoms with Crippen LogP contribution in [0, 0.1) is 0 Å². The zero-order valence-corrected chi connectivity index (χ0v) is 13.4. The maximum absolute atomic E-state index is 12.0. The maximum Gasteiger partial charge on any atom is 0.227 e. The molecule has 1 aliphatic rings. The van der Waals surface area contributed by atoms with Crippen LogP contribution in [0.1, 0.15) is 25.2 Å². The molecule has 7 heteroatoms. The fraction of sp³-hybridized carbons (Fsp3) is 0.533. The number of hydrogen-bond donors (Lipinski definition) is 1. The summed E-state index contributed by atoms with van der Waals surface area (Å²) in [5.41, 5.74) is 0.954. The Labute approximate surface area is 133 Å². The fourth-order valence-corrected chi connectivity index (χ4v) is 3.17. The highest BCUT2D eigenvalue weighted by atomic mass is 32.1. The van der Waals surface area contributed by atoms with Crippen molar-refractivity contribution in [1.82, 2.24) is 20.4 Å². The highest BCUT2D eigenvalue weighted by Gasteiger charge is 2.18. The van der Waals surface area contributed by atoms with Gasteiger partial charge in [0.2, 0.25) is 17.6 Å². The number of thiophene rings is 1. The van der Waals surface area contributed by atoms with E-state index in [0.717, 1.165) is 31.5 Å². The molecule has 0 radical (unpaired) electrons. The molecule has 0 bridgehead atoms. The first-order chi connectivity index (χ1) is 10.7. The summed E-state index contributed by atoms with van der Waals surface area (Å²) in [6, 6.07) is 2.25. The largest absolute Gasteiger partial charge is 0.353 e. The Kier molecular flexibility index (Phi) is 4.84. The molecule has 0 atom stereocenters. The lowest BCUT2D eigenvalue weighted by Crippen LogP contribution is -2.43. The Morgan fingerprint density at radius 1 is 1.50 bits per heavy atom. The van der Waals surface area contributed by atoms with Gasteiger partial charge in [-0.1, -0.05) is 5.16 Å². The van der Waals surface area contributed by atoms with E-state index in [4.69, 9.17) is 4.52 Å². The van der Waals surface area contributed by atoms with E-state index in [1.807, 2.05) is 16.8 Å². The highest BCUT2D eigenvalue weighted by Crippen LogP contribution is 2.19. The van der Waals surface area contributed by atoms with Crippen molar-refractivity contribution in [2.45, 2.75) is 31.7 Å². The van der Waals surface area contributed by atoms with Crippen molar-refractivity contribution in [1.29, 1.82) is 0 Å². The lowest BCUT2D eigenvalue weighted by molar-refractivity contribution is -0.122. The number of piperidine rings is 1. The topological polar surface area (TPSA) is 71.3 Å². The minimum atomic E-state index is 0.0600. The van der Waals surface area contributed by atoms with Gasteiger partial charge in [0.05, 0.1) is 0 Å². The van der Waals surface area contributed by atoms with E-state index < -0.39 is 0 Å². The number of likely N-dealkylation sites (tertiary alicyclic amines) is 1. The van der Waals surface area contributed by atoms with Crippen LogP contribution in [0.25, 0.3) is 11.4 Å². The first-order valence-corrected chi connectivity index (χ1v) is 8.48. The molecule has 0 unspecified atom stereocenters. The van der Waals surface area contributed by atoms with E-state index >= 15 is 0 Å². The van der Waals surface area contributed by atoms with Crippen LogP contribution in [0.4, 0.5) is 0 Å². The molecule has 1 N–H and O–H groups in total. The standard InChI is InChI=1S/C15H20N4O2S/c1-19-7-4-12(5-8-19)16-13(20)2-3-14-17-15(18-21-14)11-6-9-22-10-11/h6,9-10,12H,2-5,7-8H2,1H3,(H,16,20). The smallest absolute Gasteiger partial charge is 0.227 e. The third kappa shape index (κ3) is 3.92. The lowest BCUT2D eigenvalue weighted by Gasteiger charge is -2.29. The number of hydrogen-bond acceptors (Lipinski definition) is 6. The third-order valence-electron chi connectivity index (χ3n) is 3.90. The van der Waals surface area contributed by atoms with Crippen LogP contribution in [0.2, 0.25) is 0 Å². The normalized spacial score (nSPS) is 16.8. The van der Waals surface area contributed by atoms with Gasteiger partial charge >= 0.3 is 0 Å². The quantitative estimate of drug-likeness (QED) is 0.911. The number of aromatic nitrogens is 2. The van der Waals surface area contributed by atoms with Crippen LogP contribution in [0.3, 0.4) is 0 Å². The summed E-state index contributed by atoms with van der Waals surface area (Å²) in [6.07, 6.45) is 2.91. The van der Waals surface area contributed by atoms with E-state index in [2.05, 4.69) is 27.4 Å². The van der Waals surface area contributed by atoms with Gasteiger partial charge in [0, 0.05) is 29.8 Å². The minimum absolute atomic E-state index is 0.0600. The average molecular weight is 320 g/mol. The van der Waals surface area contributed by atoms with Gasteiger partial charge in [-0.3, -0.25) is 4.79 Å². The molecule has 1 aliphatic heterocycles. The first-order valence-electron chi connectivity index (χ1n) is 7.54. The molecule has 0 aromatic carbocycles. The number of rotatable bonds is 5. The molecule has 0 spiro atoms. The molecular weight excluding hydrogens is 300 g/mol. The molecule has 0 aliphatic carbocycles. The van der Waals surface area contributed by atoms with Gasteiger partial charge in [-0.25, -0.2) is 0 Å². The maximum atomic E-state index is 12.0. The third-order valence-corrected chi connectivity index (χ3v) is 4.58. The van der Waals surface area contributed by atoms with Crippen molar-refractivity contribution in [2.75, 3.05) is 20.1 Å². The summed E-state index contributed by atoms with van der Waals surface area (Å²) < 4.78 is 5.20. The van der Waals surface area contributed by atoms with Crippen molar-refractivity contribution >= 4 is 17.2 Å². The summed E-state index contributed by atoms with van der Waals surface area (Å²) in [4.78, 5) is 18.6. The molecule has 6 nitrogen and oxygen atoms in total. The molecular formula is C15H20N4O2S. The Morgan fingerprint density at radius 3 is 3.05 bits per heavy atom. The van der Waals surface area contributed by atoms with Crippen LogP contribution >= 0.6 is 11.3 Å². The molecule has 3 heterocycles. The Morgan fingerprint density at radius 2 is 2.32 bits per heavy atom. The van der Waals surface area contributed by atoms with Gasteiger partial charge in [-0.2, -0.15) is 16.3 Å². The number of aryl methyl sites for hydroxylation is 1. The summed E-state index contributed by atoms with van der Waals surface area (Å²) in [7, 11) is 2.11. The molecule has 22 heavy (non-hydrogen) atoms. The van der Waals surface area contributed by atoms with Crippen molar-refractivity contribution in [3.8, 4) is 11.4 Å². The number of carbonyl (C=O) groups is 1. The lowest BCUT2D eigenvalue weighted by atomic mass is 10.1. The number of nitrogens with one attached hydrogen (secondary N) is 1. The summed E-state index contributed by atoms with van der Waals surface area (Å²) in [5, 5.41) is 11.0. The molecule has 2 aromatic heterocycles. The highest BCUT2D eigenvalue weighted by molar-refractivity contribution is 7.08. The fourth-order valence-electron chi connectivity index (χ4n) is 2.54. The second-order valence-corrected chi connectivity index (χ2v) is 6.45. The predicted octanol–water partition coefficient (Wildman–Crippen LogP) is 1.94. The molecule has 1 amide bonds. The van der Waals surface area contributed by atoms with Crippen LogP contribution in [-0.4, -0.2) is 47.1 Å². The number of amides is 1. The van der Waals surface area contributed by atoms with Crippen LogP contribution < -0.4 is 5.32 Å². The van der Waals surface area contributed by atoms with Crippen molar-refractivity contribution in [2.24, 2.45) is 0 Å².